The highest BCUT2D eigenvalue weighted by Gasteiger charge is 2.68. The van der Waals surface area contributed by atoms with E-state index in [-0.39, 0.29) is 5.56 Å². The summed E-state index contributed by atoms with van der Waals surface area (Å²) in [4.78, 5) is 10.8. The monoisotopic (exact) mass is 280 g/mol. The fourth-order valence-electron chi connectivity index (χ4n) is 1.95. The van der Waals surface area contributed by atoms with E-state index in [1.165, 1.54) is 0 Å². The third-order valence-corrected chi connectivity index (χ3v) is 3.40. The van der Waals surface area contributed by atoms with Crippen molar-refractivity contribution in [2.75, 3.05) is 0 Å². The summed E-state index contributed by atoms with van der Waals surface area (Å²) in [7, 11) is 0. The number of carboxylic acids is 1. The summed E-state index contributed by atoms with van der Waals surface area (Å²) >= 11 is 0. The highest BCUT2D eigenvalue weighted by Crippen LogP contribution is 2.61. The van der Waals surface area contributed by atoms with E-state index in [0.717, 1.165) is 13.0 Å². The molecule has 1 aliphatic carbocycles. The second-order valence-electron chi connectivity index (χ2n) is 4.82. The van der Waals surface area contributed by atoms with Crippen molar-refractivity contribution in [3.8, 4) is 0 Å². The molecule has 2 rings (SSSR count). The molecular formula is C12H9F5O2. The molecule has 0 bridgehead atoms. The van der Waals surface area contributed by atoms with Gasteiger partial charge in [0.2, 0.25) is 0 Å². The second kappa shape index (κ2) is 3.68. The molecule has 19 heavy (non-hydrogen) atoms. The Morgan fingerprint density at radius 3 is 2.16 bits per heavy atom. The van der Waals surface area contributed by atoms with Crippen LogP contribution in [0.2, 0.25) is 0 Å². The van der Waals surface area contributed by atoms with Crippen LogP contribution in [-0.4, -0.2) is 17.0 Å². The molecular weight excluding hydrogens is 271 g/mol. The zero-order valence-electron chi connectivity index (χ0n) is 9.68. The van der Waals surface area contributed by atoms with Crippen molar-refractivity contribution in [2.45, 2.75) is 30.9 Å². The Morgan fingerprint density at radius 2 is 1.79 bits per heavy atom. The summed E-state index contributed by atoms with van der Waals surface area (Å²) in [5, 5.41) is 8.76. The Hall–Kier alpha value is -1.66. The Bertz CT molecular complexity index is 550. The van der Waals surface area contributed by atoms with E-state index < -0.39 is 41.0 Å². The summed E-state index contributed by atoms with van der Waals surface area (Å²) in [6.07, 6.45) is -5.36. The minimum atomic E-state index is -4.78. The lowest BCUT2D eigenvalue weighted by atomic mass is 9.93. The third kappa shape index (κ3) is 2.17. The molecule has 0 heterocycles. The molecule has 1 unspecified atom stereocenters. The summed E-state index contributed by atoms with van der Waals surface area (Å²) in [5.41, 5.74) is -3.90. The van der Waals surface area contributed by atoms with Crippen molar-refractivity contribution in [3.63, 3.8) is 0 Å². The van der Waals surface area contributed by atoms with E-state index >= 15 is 0 Å². The number of carboxylic acid groups (broad SMARTS) is 1. The van der Waals surface area contributed by atoms with Crippen LogP contribution < -0.4 is 0 Å². The van der Waals surface area contributed by atoms with Gasteiger partial charge in [0.15, 0.2) is 0 Å². The molecule has 0 aliphatic heterocycles. The molecule has 104 valence electrons. The quantitative estimate of drug-likeness (QED) is 0.839. The zero-order chi connectivity index (χ0) is 14.6. The Kier molecular flexibility index (Phi) is 2.66. The highest BCUT2D eigenvalue weighted by molar-refractivity contribution is 5.88. The molecule has 0 saturated heterocycles. The Morgan fingerprint density at radius 1 is 1.26 bits per heavy atom. The van der Waals surface area contributed by atoms with Gasteiger partial charge in [0.25, 0.3) is 5.92 Å². The van der Waals surface area contributed by atoms with E-state index in [1.54, 1.807) is 0 Å². The molecule has 1 fully saturated rings. The molecule has 0 aromatic heterocycles. The maximum absolute atomic E-state index is 13.2. The lowest BCUT2D eigenvalue weighted by Gasteiger charge is -2.15. The molecule has 1 atom stereocenters. The predicted octanol–water partition coefficient (Wildman–Crippen LogP) is 3.70. The summed E-state index contributed by atoms with van der Waals surface area (Å²) in [6, 6.07) is 1.90. The molecule has 1 aromatic carbocycles. The lowest BCUT2D eigenvalue weighted by molar-refractivity contribution is -0.137. The largest absolute Gasteiger partial charge is 0.478 e. The van der Waals surface area contributed by atoms with Crippen LogP contribution in [-0.2, 0) is 11.6 Å². The first kappa shape index (κ1) is 13.8. The lowest BCUT2D eigenvalue weighted by Crippen LogP contribution is -2.16. The molecule has 2 nitrogen and oxygen atoms in total. The van der Waals surface area contributed by atoms with Crippen LogP contribution in [0.4, 0.5) is 22.0 Å². The molecule has 1 aromatic rings. The van der Waals surface area contributed by atoms with Gasteiger partial charge in [-0.05, 0) is 30.7 Å². The number of aromatic carboxylic acids is 1. The average molecular weight is 280 g/mol. The second-order valence-corrected chi connectivity index (χ2v) is 4.82. The number of halogens is 5. The first-order chi connectivity index (χ1) is 8.47. The van der Waals surface area contributed by atoms with Crippen LogP contribution in [0, 0.1) is 0 Å². The molecule has 0 radical (unpaired) electrons. The standard InChI is InChI=1S/C12H9F5O2/c1-10(5-11(10,13)14)7-2-6(9(18)19)3-8(4-7)12(15,16)17/h2-4H,5H2,1H3,(H,18,19). The smallest absolute Gasteiger partial charge is 0.416 e. The fourth-order valence-corrected chi connectivity index (χ4v) is 1.95. The van der Waals surface area contributed by atoms with Crippen molar-refractivity contribution >= 4 is 5.97 Å². The van der Waals surface area contributed by atoms with Gasteiger partial charge in [0.1, 0.15) is 0 Å². The van der Waals surface area contributed by atoms with Gasteiger partial charge in [0.05, 0.1) is 16.5 Å². The SMILES string of the molecule is CC1(c2cc(C(=O)O)cc(C(F)(F)F)c2)CC1(F)F. The van der Waals surface area contributed by atoms with Crippen LogP contribution in [0.15, 0.2) is 18.2 Å². The van der Waals surface area contributed by atoms with Gasteiger partial charge in [-0.15, -0.1) is 0 Å². The average Bonchev–Trinajstić information content (AvgIpc) is 2.77. The van der Waals surface area contributed by atoms with E-state index in [0.29, 0.717) is 12.1 Å². The summed E-state index contributed by atoms with van der Waals surface area (Å²) in [6.45, 7) is 1.12. The minimum Gasteiger partial charge on any atom is -0.478 e. The van der Waals surface area contributed by atoms with Crippen molar-refractivity contribution in [2.24, 2.45) is 0 Å². The minimum absolute atomic E-state index is 0.301. The Balaban J connectivity index is 2.57. The first-order valence-electron chi connectivity index (χ1n) is 5.31. The van der Waals surface area contributed by atoms with Crippen molar-refractivity contribution in [1.29, 1.82) is 0 Å². The zero-order valence-corrected chi connectivity index (χ0v) is 9.68. The van der Waals surface area contributed by atoms with Gasteiger partial charge in [-0.1, -0.05) is 0 Å². The number of hydrogen-bond donors (Lipinski definition) is 1. The van der Waals surface area contributed by atoms with Gasteiger partial charge >= 0.3 is 12.1 Å². The predicted molar refractivity (Wildman–Crippen MR) is 55.3 cm³/mol. The molecule has 1 aliphatic rings. The van der Waals surface area contributed by atoms with Gasteiger partial charge in [-0.3, -0.25) is 0 Å². The van der Waals surface area contributed by atoms with Gasteiger partial charge in [0, 0.05) is 6.42 Å². The summed E-state index contributed by atoms with van der Waals surface area (Å²) in [5.74, 6) is -4.69. The van der Waals surface area contributed by atoms with E-state index in [4.69, 9.17) is 5.11 Å². The van der Waals surface area contributed by atoms with E-state index in [1.807, 2.05) is 0 Å². The topological polar surface area (TPSA) is 37.3 Å². The number of hydrogen-bond acceptors (Lipinski definition) is 1. The molecule has 0 amide bonds. The van der Waals surface area contributed by atoms with Crippen molar-refractivity contribution < 1.29 is 31.9 Å². The molecule has 1 N–H and O–H groups in total. The van der Waals surface area contributed by atoms with Gasteiger partial charge in [-0.25, -0.2) is 13.6 Å². The van der Waals surface area contributed by atoms with Crippen LogP contribution >= 0.6 is 0 Å². The van der Waals surface area contributed by atoms with E-state index in [9.17, 15) is 26.7 Å². The normalized spacial score (nSPS) is 25.2. The molecule has 0 spiro atoms. The van der Waals surface area contributed by atoms with Crippen molar-refractivity contribution in [1.82, 2.24) is 0 Å². The first-order valence-corrected chi connectivity index (χ1v) is 5.31. The van der Waals surface area contributed by atoms with Gasteiger partial charge < -0.3 is 5.11 Å². The number of carbonyl (C=O) groups is 1. The highest BCUT2D eigenvalue weighted by atomic mass is 19.4. The maximum atomic E-state index is 13.2. The molecule has 1 saturated carbocycles. The number of rotatable bonds is 2. The van der Waals surface area contributed by atoms with E-state index in [2.05, 4.69) is 0 Å². The van der Waals surface area contributed by atoms with Crippen LogP contribution in [0.5, 0.6) is 0 Å². The van der Waals surface area contributed by atoms with Gasteiger partial charge in [-0.2, -0.15) is 13.2 Å². The van der Waals surface area contributed by atoms with Crippen LogP contribution in [0.3, 0.4) is 0 Å². The van der Waals surface area contributed by atoms with Crippen LogP contribution in [0.25, 0.3) is 0 Å². The summed E-state index contributed by atoms with van der Waals surface area (Å²) < 4.78 is 64.3. The number of alkyl halides is 5. The maximum Gasteiger partial charge on any atom is 0.416 e. The number of benzene rings is 1. The van der Waals surface area contributed by atoms with Crippen molar-refractivity contribution in [3.05, 3.63) is 34.9 Å². The Labute approximate surface area is 104 Å². The van der Waals surface area contributed by atoms with Crippen LogP contribution in [0.1, 0.15) is 34.8 Å². The fraction of sp³-hybridized carbons (Fsp3) is 0.417. The molecule has 7 heteroatoms. The third-order valence-electron chi connectivity index (χ3n) is 3.40.